The summed E-state index contributed by atoms with van der Waals surface area (Å²) < 4.78 is 0. The minimum atomic E-state index is 0.538. The molecule has 3 rings (SSSR count). The first-order chi connectivity index (χ1) is 7.79. The van der Waals surface area contributed by atoms with Crippen LogP contribution in [0.15, 0.2) is 18.2 Å². The van der Waals surface area contributed by atoms with Crippen LogP contribution in [0.1, 0.15) is 35.6 Å². The Hall–Kier alpha value is -1.28. The fraction of sp³-hybridized carbons (Fsp3) is 0.429. The van der Waals surface area contributed by atoms with E-state index >= 15 is 0 Å². The fourth-order valence-electron chi connectivity index (χ4n) is 2.91. The second-order valence-electron chi connectivity index (χ2n) is 4.89. The third-order valence-corrected chi connectivity index (χ3v) is 3.77. The lowest BCUT2D eigenvalue weighted by atomic mass is 9.87. The van der Waals surface area contributed by atoms with E-state index in [1.54, 1.807) is 0 Å². The van der Waals surface area contributed by atoms with Crippen molar-refractivity contribution >= 4 is 10.9 Å². The molecule has 0 bridgehead atoms. The summed E-state index contributed by atoms with van der Waals surface area (Å²) in [6.07, 6.45) is 3.71. The van der Waals surface area contributed by atoms with E-state index in [1.165, 1.54) is 47.0 Å². The average Bonchev–Trinajstić information content (AvgIpc) is 2.67. The average molecular weight is 214 g/mol. The first-order valence-corrected chi connectivity index (χ1v) is 6.11. The zero-order chi connectivity index (χ0) is 11.1. The van der Waals surface area contributed by atoms with Crippen molar-refractivity contribution in [2.75, 3.05) is 6.54 Å². The van der Waals surface area contributed by atoms with Gasteiger partial charge < -0.3 is 10.7 Å². The predicted octanol–water partition coefficient (Wildman–Crippen LogP) is 2.85. The first-order valence-electron chi connectivity index (χ1n) is 6.11. The van der Waals surface area contributed by atoms with Crippen LogP contribution in [0.2, 0.25) is 0 Å². The number of fused-ring (bicyclic) bond motifs is 3. The molecule has 1 aliphatic carbocycles. The van der Waals surface area contributed by atoms with Gasteiger partial charge in [-0.05, 0) is 43.9 Å². The number of rotatable bonds is 1. The highest BCUT2D eigenvalue weighted by molar-refractivity contribution is 5.85. The number of aromatic amines is 1. The van der Waals surface area contributed by atoms with Gasteiger partial charge in [0.1, 0.15) is 0 Å². The number of hydrogen-bond acceptors (Lipinski definition) is 1. The Labute approximate surface area is 95.8 Å². The van der Waals surface area contributed by atoms with Gasteiger partial charge in [-0.15, -0.1) is 0 Å². The Morgan fingerprint density at radius 1 is 1.44 bits per heavy atom. The largest absolute Gasteiger partial charge is 0.358 e. The van der Waals surface area contributed by atoms with E-state index < -0.39 is 0 Å². The predicted molar refractivity (Wildman–Crippen MR) is 67.8 cm³/mol. The van der Waals surface area contributed by atoms with E-state index in [0.29, 0.717) is 5.92 Å². The van der Waals surface area contributed by atoms with Crippen LogP contribution in [0.25, 0.3) is 10.9 Å². The van der Waals surface area contributed by atoms with Gasteiger partial charge >= 0.3 is 0 Å². The molecule has 0 saturated heterocycles. The molecule has 1 aromatic heterocycles. The van der Waals surface area contributed by atoms with Gasteiger partial charge in [0.15, 0.2) is 0 Å². The maximum Gasteiger partial charge on any atom is 0.0459 e. The van der Waals surface area contributed by atoms with E-state index in [2.05, 4.69) is 30.1 Å². The van der Waals surface area contributed by atoms with Crippen LogP contribution in [0.3, 0.4) is 0 Å². The molecule has 1 aromatic carbocycles. The molecule has 0 spiro atoms. The lowest BCUT2D eigenvalue weighted by molar-refractivity contribution is 0.553. The van der Waals surface area contributed by atoms with Crippen molar-refractivity contribution in [1.82, 2.24) is 4.98 Å². The molecule has 0 aliphatic heterocycles. The summed E-state index contributed by atoms with van der Waals surface area (Å²) >= 11 is 0. The van der Waals surface area contributed by atoms with Gasteiger partial charge in [-0.25, -0.2) is 0 Å². The SMILES string of the molecule is Cc1ccc2[nH]c3c(c2c1)CCCC3CN. The van der Waals surface area contributed by atoms with Gasteiger partial charge in [0.25, 0.3) is 0 Å². The standard InChI is InChI=1S/C14H18N2/c1-9-5-6-13-12(7-9)11-4-2-3-10(8-15)14(11)16-13/h5-7,10,16H,2-4,8,15H2,1H3. The van der Waals surface area contributed by atoms with Crippen LogP contribution in [0.5, 0.6) is 0 Å². The zero-order valence-corrected chi connectivity index (χ0v) is 9.72. The topological polar surface area (TPSA) is 41.8 Å². The van der Waals surface area contributed by atoms with Crippen LogP contribution in [0, 0.1) is 6.92 Å². The highest BCUT2D eigenvalue weighted by atomic mass is 14.8. The van der Waals surface area contributed by atoms with Gasteiger partial charge in [-0.1, -0.05) is 11.6 Å². The zero-order valence-electron chi connectivity index (χ0n) is 9.72. The smallest absolute Gasteiger partial charge is 0.0459 e. The van der Waals surface area contributed by atoms with Gasteiger partial charge in [-0.2, -0.15) is 0 Å². The van der Waals surface area contributed by atoms with Gasteiger partial charge in [-0.3, -0.25) is 0 Å². The van der Waals surface area contributed by atoms with E-state index in [4.69, 9.17) is 5.73 Å². The van der Waals surface area contributed by atoms with Gasteiger partial charge in [0.05, 0.1) is 0 Å². The van der Waals surface area contributed by atoms with Crippen molar-refractivity contribution in [3.63, 3.8) is 0 Å². The van der Waals surface area contributed by atoms with Crippen LogP contribution in [-0.4, -0.2) is 11.5 Å². The molecule has 16 heavy (non-hydrogen) atoms. The minimum absolute atomic E-state index is 0.538. The summed E-state index contributed by atoms with van der Waals surface area (Å²) in [6, 6.07) is 6.65. The highest BCUT2D eigenvalue weighted by Gasteiger charge is 2.22. The fourth-order valence-corrected chi connectivity index (χ4v) is 2.91. The molecule has 0 radical (unpaired) electrons. The van der Waals surface area contributed by atoms with Gasteiger partial charge in [0.2, 0.25) is 0 Å². The molecule has 2 aromatic rings. The molecule has 0 fully saturated rings. The van der Waals surface area contributed by atoms with Crippen molar-refractivity contribution in [3.8, 4) is 0 Å². The van der Waals surface area contributed by atoms with Crippen molar-refractivity contribution in [3.05, 3.63) is 35.0 Å². The second kappa shape index (κ2) is 3.63. The summed E-state index contributed by atoms with van der Waals surface area (Å²) in [5.41, 5.74) is 11.4. The van der Waals surface area contributed by atoms with E-state index in [9.17, 15) is 0 Å². The molecule has 2 nitrogen and oxygen atoms in total. The molecule has 84 valence electrons. The molecule has 2 heteroatoms. The Balaban J connectivity index is 2.24. The molecule has 3 N–H and O–H groups in total. The summed E-state index contributed by atoms with van der Waals surface area (Å²) in [5.74, 6) is 0.538. The Morgan fingerprint density at radius 3 is 3.12 bits per heavy atom. The molecule has 1 aliphatic rings. The van der Waals surface area contributed by atoms with E-state index in [0.717, 1.165) is 6.54 Å². The number of nitrogens with two attached hydrogens (primary N) is 1. The van der Waals surface area contributed by atoms with E-state index in [1.807, 2.05) is 0 Å². The molecule has 0 saturated carbocycles. The third-order valence-electron chi connectivity index (χ3n) is 3.77. The Bertz CT molecular complexity index is 525. The van der Waals surface area contributed by atoms with Crippen molar-refractivity contribution < 1.29 is 0 Å². The first kappa shape index (κ1) is 9.91. The van der Waals surface area contributed by atoms with Gasteiger partial charge in [0, 0.05) is 29.1 Å². The van der Waals surface area contributed by atoms with Crippen LogP contribution in [0.4, 0.5) is 0 Å². The minimum Gasteiger partial charge on any atom is -0.358 e. The van der Waals surface area contributed by atoms with Crippen molar-refractivity contribution in [2.24, 2.45) is 5.73 Å². The highest BCUT2D eigenvalue weighted by Crippen LogP contribution is 2.35. The van der Waals surface area contributed by atoms with Crippen LogP contribution in [-0.2, 0) is 6.42 Å². The molecular weight excluding hydrogens is 196 g/mol. The van der Waals surface area contributed by atoms with Crippen molar-refractivity contribution in [2.45, 2.75) is 32.1 Å². The maximum absolute atomic E-state index is 5.85. The maximum atomic E-state index is 5.85. The van der Waals surface area contributed by atoms with E-state index in [-0.39, 0.29) is 0 Å². The number of aryl methyl sites for hydroxylation is 2. The number of H-pyrrole nitrogens is 1. The molecule has 1 atom stereocenters. The summed E-state index contributed by atoms with van der Waals surface area (Å²) in [7, 11) is 0. The Morgan fingerprint density at radius 2 is 2.31 bits per heavy atom. The van der Waals surface area contributed by atoms with Crippen molar-refractivity contribution in [1.29, 1.82) is 0 Å². The van der Waals surface area contributed by atoms with Crippen LogP contribution >= 0.6 is 0 Å². The molecular formula is C14H18N2. The molecule has 1 unspecified atom stereocenters. The number of benzene rings is 1. The summed E-state index contributed by atoms with van der Waals surface area (Å²) in [5, 5.41) is 1.41. The normalized spacial score (nSPS) is 20.0. The number of nitrogens with one attached hydrogen (secondary N) is 1. The third kappa shape index (κ3) is 1.37. The number of aromatic nitrogens is 1. The summed E-state index contributed by atoms with van der Waals surface area (Å²) in [4.78, 5) is 3.56. The van der Waals surface area contributed by atoms with Crippen LogP contribution < -0.4 is 5.73 Å². The Kier molecular flexibility index (Phi) is 2.25. The molecule has 0 amide bonds. The summed E-state index contributed by atoms with van der Waals surface area (Å²) in [6.45, 7) is 2.92. The lowest BCUT2D eigenvalue weighted by Gasteiger charge is -2.20. The second-order valence-corrected chi connectivity index (χ2v) is 4.89. The quantitative estimate of drug-likeness (QED) is 0.753. The monoisotopic (exact) mass is 214 g/mol. The lowest BCUT2D eigenvalue weighted by Crippen LogP contribution is -2.17. The number of hydrogen-bond donors (Lipinski definition) is 2. The molecule has 1 heterocycles.